The van der Waals surface area contributed by atoms with Crippen LogP contribution in [0.5, 0.6) is 0 Å². The summed E-state index contributed by atoms with van der Waals surface area (Å²) in [6, 6.07) is 8.20. The molecule has 2 aromatic rings. The molecule has 4 rings (SSSR count). The van der Waals surface area contributed by atoms with Gasteiger partial charge in [0.2, 0.25) is 11.9 Å². The molecule has 3 atom stereocenters. The molecule has 2 saturated heterocycles. The maximum atomic E-state index is 12.8. The first kappa shape index (κ1) is 19.2. The summed E-state index contributed by atoms with van der Waals surface area (Å²) in [5.41, 5.74) is 7.06. The Hall–Kier alpha value is -3.11. The predicted octanol–water partition coefficient (Wildman–Crippen LogP) is 1.28. The average Bonchev–Trinajstić information content (AvgIpc) is 3.23. The smallest absolute Gasteiger partial charge is 0.269 e. The zero-order valence-electron chi connectivity index (χ0n) is 15.8. The number of amides is 1. The lowest BCUT2D eigenvalue weighted by molar-refractivity contribution is -0.384. The number of hydrazine groups is 1. The number of nitro benzene ring substituents is 1. The maximum absolute atomic E-state index is 12.8. The normalized spacial score (nSPS) is 24.3. The van der Waals surface area contributed by atoms with E-state index in [9.17, 15) is 14.9 Å². The first-order chi connectivity index (χ1) is 14.1. The maximum Gasteiger partial charge on any atom is 0.269 e. The number of nitrogens with zero attached hydrogens (tertiary/aromatic N) is 4. The summed E-state index contributed by atoms with van der Waals surface area (Å²) in [6.07, 6.45) is 5.50. The first-order valence-electron chi connectivity index (χ1n) is 9.68. The molecule has 0 spiro atoms. The van der Waals surface area contributed by atoms with Crippen molar-refractivity contribution in [3.63, 3.8) is 0 Å². The molecule has 152 valence electrons. The molecule has 0 bridgehead atoms. The number of non-ortho nitro benzene ring substituents is 1. The van der Waals surface area contributed by atoms with Crippen LogP contribution in [-0.4, -0.2) is 40.1 Å². The van der Waals surface area contributed by atoms with Crippen LogP contribution in [0.4, 0.5) is 11.6 Å². The fraction of sp³-hybridized carbons (Fsp3) is 0.421. The number of rotatable bonds is 5. The standard InChI is InChI=1S/C19H23N7O3/c27-18(14-5-2-9-25(12-14)19-20-7-3-8-21-19)22-17-11-16(23-24-17)13-4-1-6-15(10-13)26(28)29/h1,3-4,6-8,10,14,16-17,23-24H,2,5,9,11-12H2,(H,22,27). The molecule has 2 fully saturated rings. The van der Waals surface area contributed by atoms with Gasteiger partial charge in [-0.25, -0.2) is 20.8 Å². The Morgan fingerprint density at radius 2 is 2.07 bits per heavy atom. The molecule has 2 aliphatic rings. The van der Waals surface area contributed by atoms with Gasteiger partial charge in [-0.3, -0.25) is 14.9 Å². The van der Waals surface area contributed by atoms with Gasteiger partial charge < -0.3 is 10.2 Å². The number of hydrogen-bond donors (Lipinski definition) is 3. The molecule has 10 heteroatoms. The van der Waals surface area contributed by atoms with E-state index in [1.54, 1.807) is 30.6 Å². The highest BCUT2D eigenvalue weighted by Gasteiger charge is 2.31. The molecule has 1 aromatic carbocycles. The topological polar surface area (TPSA) is 125 Å². The monoisotopic (exact) mass is 397 g/mol. The molecule has 0 saturated carbocycles. The number of nitro groups is 1. The van der Waals surface area contributed by atoms with Crippen molar-refractivity contribution in [1.29, 1.82) is 0 Å². The highest BCUT2D eigenvalue weighted by Crippen LogP contribution is 2.25. The predicted molar refractivity (Wildman–Crippen MR) is 106 cm³/mol. The summed E-state index contributed by atoms with van der Waals surface area (Å²) < 4.78 is 0. The van der Waals surface area contributed by atoms with Crippen LogP contribution in [0.1, 0.15) is 30.9 Å². The highest BCUT2D eigenvalue weighted by atomic mass is 16.6. The van der Waals surface area contributed by atoms with Crippen LogP contribution in [-0.2, 0) is 4.79 Å². The van der Waals surface area contributed by atoms with Crippen LogP contribution in [0.25, 0.3) is 0 Å². The molecule has 3 N–H and O–H groups in total. The second-order valence-corrected chi connectivity index (χ2v) is 7.32. The molecule has 1 amide bonds. The van der Waals surface area contributed by atoms with Gasteiger partial charge in [0.15, 0.2) is 0 Å². The minimum Gasteiger partial charge on any atom is -0.340 e. The van der Waals surface area contributed by atoms with Crippen molar-refractivity contribution in [3.8, 4) is 0 Å². The van der Waals surface area contributed by atoms with E-state index in [-0.39, 0.29) is 29.7 Å². The molecule has 0 radical (unpaired) electrons. The number of hydrogen-bond acceptors (Lipinski definition) is 8. The van der Waals surface area contributed by atoms with E-state index in [0.29, 0.717) is 18.9 Å². The van der Waals surface area contributed by atoms with Crippen LogP contribution in [0, 0.1) is 16.0 Å². The van der Waals surface area contributed by atoms with Crippen molar-refractivity contribution >= 4 is 17.5 Å². The summed E-state index contributed by atoms with van der Waals surface area (Å²) in [4.78, 5) is 33.9. The Morgan fingerprint density at radius 3 is 2.86 bits per heavy atom. The second kappa shape index (κ2) is 8.50. The van der Waals surface area contributed by atoms with Crippen molar-refractivity contribution in [2.45, 2.75) is 31.5 Å². The van der Waals surface area contributed by atoms with Crippen molar-refractivity contribution in [2.24, 2.45) is 5.92 Å². The first-order valence-corrected chi connectivity index (χ1v) is 9.68. The van der Waals surface area contributed by atoms with Gasteiger partial charge in [-0.05, 0) is 24.5 Å². The van der Waals surface area contributed by atoms with E-state index in [0.717, 1.165) is 24.9 Å². The molecule has 1 aromatic heterocycles. The fourth-order valence-electron chi connectivity index (χ4n) is 3.84. The summed E-state index contributed by atoms with van der Waals surface area (Å²) in [5.74, 6) is 0.507. The Kier molecular flexibility index (Phi) is 5.63. The zero-order chi connectivity index (χ0) is 20.2. The van der Waals surface area contributed by atoms with Crippen molar-refractivity contribution in [1.82, 2.24) is 26.1 Å². The van der Waals surface area contributed by atoms with E-state index in [1.165, 1.54) is 6.07 Å². The third-order valence-electron chi connectivity index (χ3n) is 5.33. The number of carbonyl (C=O) groups excluding carboxylic acids is 1. The number of carbonyl (C=O) groups is 1. The molecule has 2 aliphatic heterocycles. The van der Waals surface area contributed by atoms with E-state index >= 15 is 0 Å². The Morgan fingerprint density at radius 1 is 1.24 bits per heavy atom. The van der Waals surface area contributed by atoms with Crippen molar-refractivity contribution in [2.75, 3.05) is 18.0 Å². The molecule has 10 nitrogen and oxygen atoms in total. The summed E-state index contributed by atoms with van der Waals surface area (Å²) in [5, 5.41) is 14.0. The lowest BCUT2D eigenvalue weighted by atomic mass is 9.97. The zero-order valence-corrected chi connectivity index (χ0v) is 15.8. The lowest BCUT2D eigenvalue weighted by Gasteiger charge is -2.32. The number of aromatic nitrogens is 2. The Labute approximate surface area is 167 Å². The average molecular weight is 397 g/mol. The highest BCUT2D eigenvalue weighted by molar-refractivity contribution is 5.79. The van der Waals surface area contributed by atoms with E-state index < -0.39 is 4.92 Å². The summed E-state index contributed by atoms with van der Waals surface area (Å²) in [6.45, 7) is 1.43. The van der Waals surface area contributed by atoms with Crippen LogP contribution in [0.2, 0.25) is 0 Å². The van der Waals surface area contributed by atoms with Crippen LogP contribution in [0.3, 0.4) is 0 Å². The van der Waals surface area contributed by atoms with Gasteiger partial charge in [-0.2, -0.15) is 0 Å². The van der Waals surface area contributed by atoms with Gasteiger partial charge in [0.1, 0.15) is 0 Å². The SMILES string of the molecule is O=C(NC1CC(c2cccc([N+](=O)[O-])c2)NN1)C1CCCN(c2ncccn2)C1. The Bertz CT molecular complexity index is 879. The van der Waals surface area contributed by atoms with Gasteiger partial charge >= 0.3 is 0 Å². The van der Waals surface area contributed by atoms with E-state index in [4.69, 9.17) is 0 Å². The van der Waals surface area contributed by atoms with Gasteiger partial charge in [0, 0.05) is 50.1 Å². The van der Waals surface area contributed by atoms with E-state index in [1.807, 2.05) is 11.0 Å². The number of nitrogens with one attached hydrogen (secondary N) is 3. The quantitative estimate of drug-likeness (QED) is 0.509. The van der Waals surface area contributed by atoms with Gasteiger partial charge in [0.05, 0.1) is 17.0 Å². The molecular weight excluding hydrogens is 374 g/mol. The lowest BCUT2D eigenvalue weighted by Crippen LogP contribution is -2.50. The molecule has 0 aliphatic carbocycles. The van der Waals surface area contributed by atoms with Crippen LogP contribution < -0.4 is 21.1 Å². The van der Waals surface area contributed by atoms with Gasteiger partial charge in [-0.1, -0.05) is 12.1 Å². The molecule has 3 unspecified atom stereocenters. The Balaban J connectivity index is 1.33. The third kappa shape index (κ3) is 4.49. The summed E-state index contributed by atoms with van der Waals surface area (Å²) in [7, 11) is 0. The van der Waals surface area contributed by atoms with Crippen molar-refractivity contribution in [3.05, 3.63) is 58.4 Å². The van der Waals surface area contributed by atoms with Crippen LogP contribution >= 0.6 is 0 Å². The fourth-order valence-corrected chi connectivity index (χ4v) is 3.84. The third-order valence-corrected chi connectivity index (χ3v) is 5.33. The number of piperidine rings is 1. The number of anilines is 1. The van der Waals surface area contributed by atoms with Gasteiger partial charge in [0.25, 0.3) is 5.69 Å². The van der Waals surface area contributed by atoms with E-state index in [2.05, 4.69) is 26.1 Å². The number of benzene rings is 1. The van der Waals surface area contributed by atoms with Crippen molar-refractivity contribution < 1.29 is 9.72 Å². The van der Waals surface area contributed by atoms with Gasteiger partial charge in [-0.15, -0.1) is 0 Å². The largest absolute Gasteiger partial charge is 0.340 e. The van der Waals surface area contributed by atoms with Crippen LogP contribution in [0.15, 0.2) is 42.7 Å². The summed E-state index contributed by atoms with van der Waals surface area (Å²) >= 11 is 0. The molecule has 3 heterocycles. The second-order valence-electron chi connectivity index (χ2n) is 7.32. The molecule has 29 heavy (non-hydrogen) atoms. The minimum atomic E-state index is -0.406. The minimum absolute atomic E-state index is 0.00961. The molecular formula is C19H23N7O3.